The number of hydrogen-bond acceptors (Lipinski definition) is 5. The maximum atomic E-state index is 11.8. The Bertz CT molecular complexity index is 602. The van der Waals surface area contributed by atoms with Gasteiger partial charge in [-0.05, 0) is 51.3 Å². The third kappa shape index (κ3) is 6.38. The number of benzene rings is 1. The van der Waals surface area contributed by atoms with Gasteiger partial charge in [0.25, 0.3) is 0 Å². The zero-order valence-corrected chi connectivity index (χ0v) is 15.5. The molecule has 2 rings (SSSR count). The fourth-order valence-electron chi connectivity index (χ4n) is 2.88. The molecule has 0 spiro atoms. The molecule has 6 heteroatoms. The Morgan fingerprint density at radius 2 is 1.92 bits per heavy atom. The van der Waals surface area contributed by atoms with Crippen molar-refractivity contribution in [1.29, 1.82) is 0 Å². The number of nitrogens with zero attached hydrogens (tertiary/aromatic N) is 1. The van der Waals surface area contributed by atoms with Gasteiger partial charge < -0.3 is 14.8 Å². The fourth-order valence-corrected chi connectivity index (χ4v) is 2.88. The van der Waals surface area contributed by atoms with Crippen LogP contribution in [-0.2, 0) is 16.0 Å². The molecule has 1 aliphatic rings. The van der Waals surface area contributed by atoms with E-state index >= 15 is 0 Å². The molecule has 1 saturated heterocycles. The van der Waals surface area contributed by atoms with Crippen LogP contribution in [0.25, 0.3) is 0 Å². The fraction of sp³-hybridized carbons (Fsp3) is 0.579. The minimum absolute atomic E-state index is 0.146. The molecule has 1 aliphatic heterocycles. The molecule has 138 valence electrons. The van der Waals surface area contributed by atoms with E-state index in [1.807, 2.05) is 39.0 Å². The van der Waals surface area contributed by atoms with E-state index in [9.17, 15) is 9.59 Å². The van der Waals surface area contributed by atoms with Crippen molar-refractivity contribution in [3.8, 4) is 0 Å². The maximum absolute atomic E-state index is 11.8. The number of nitrogens with one attached hydrogen (secondary N) is 1. The molecule has 6 nitrogen and oxygen atoms in total. The number of amides is 1. The van der Waals surface area contributed by atoms with Crippen molar-refractivity contribution in [2.75, 3.05) is 20.2 Å². The van der Waals surface area contributed by atoms with Crippen molar-refractivity contribution < 1.29 is 19.1 Å². The quantitative estimate of drug-likeness (QED) is 0.847. The average molecular weight is 348 g/mol. The Morgan fingerprint density at radius 3 is 2.52 bits per heavy atom. The Hall–Kier alpha value is -2.08. The SMILES string of the molecule is COC(=O)c1cccc(CN2CCC(NC(=O)OC(C)(C)C)CC2)c1. The lowest BCUT2D eigenvalue weighted by Gasteiger charge is -2.32. The zero-order chi connectivity index (χ0) is 18.4. The number of alkyl carbamates (subject to hydrolysis) is 1. The third-order valence-corrected chi connectivity index (χ3v) is 4.06. The van der Waals surface area contributed by atoms with Gasteiger partial charge in [0.15, 0.2) is 0 Å². The van der Waals surface area contributed by atoms with E-state index < -0.39 is 5.60 Å². The topological polar surface area (TPSA) is 67.9 Å². The summed E-state index contributed by atoms with van der Waals surface area (Å²) in [6.45, 7) is 8.14. The average Bonchev–Trinajstić information content (AvgIpc) is 2.54. The molecule has 0 aliphatic carbocycles. The molecular weight excluding hydrogens is 320 g/mol. The number of likely N-dealkylation sites (tertiary alicyclic amines) is 1. The smallest absolute Gasteiger partial charge is 0.407 e. The lowest BCUT2D eigenvalue weighted by atomic mass is 10.0. The van der Waals surface area contributed by atoms with Gasteiger partial charge in [-0.15, -0.1) is 0 Å². The van der Waals surface area contributed by atoms with E-state index in [4.69, 9.17) is 9.47 Å². The van der Waals surface area contributed by atoms with Crippen LogP contribution in [0.4, 0.5) is 4.79 Å². The van der Waals surface area contributed by atoms with Gasteiger partial charge in [0.2, 0.25) is 0 Å². The maximum Gasteiger partial charge on any atom is 0.407 e. The zero-order valence-electron chi connectivity index (χ0n) is 15.5. The predicted molar refractivity (Wildman–Crippen MR) is 95.5 cm³/mol. The number of piperidine rings is 1. The van der Waals surface area contributed by atoms with E-state index in [-0.39, 0.29) is 18.1 Å². The lowest BCUT2D eigenvalue weighted by Crippen LogP contribution is -2.45. The largest absolute Gasteiger partial charge is 0.465 e. The van der Waals surface area contributed by atoms with Crippen LogP contribution in [0.2, 0.25) is 0 Å². The first-order chi connectivity index (χ1) is 11.8. The summed E-state index contributed by atoms with van der Waals surface area (Å²) in [4.78, 5) is 25.8. The second kappa shape index (κ2) is 8.34. The van der Waals surface area contributed by atoms with Crippen LogP contribution in [0.15, 0.2) is 24.3 Å². The molecule has 0 atom stereocenters. The highest BCUT2D eigenvalue weighted by molar-refractivity contribution is 5.89. The first kappa shape index (κ1) is 19.2. The molecule has 0 radical (unpaired) electrons. The van der Waals surface area contributed by atoms with Gasteiger partial charge in [-0.1, -0.05) is 12.1 Å². The van der Waals surface area contributed by atoms with Crippen molar-refractivity contribution in [3.63, 3.8) is 0 Å². The van der Waals surface area contributed by atoms with Gasteiger partial charge in [-0.25, -0.2) is 9.59 Å². The predicted octanol–water partition coefficient (Wildman–Crippen LogP) is 2.96. The molecule has 1 heterocycles. The Labute approximate surface area is 149 Å². The normalized spacial score (nSPS) is 16.3. The van der Waals surface area contributed by atoms with Crippen LogP contribution in [0, 0.1) is 0 Å². The molecule has 1 N–H and O–H groups in total. The molecule has 0 bridgehead atoms. The molecule has 0 unspecified atom stereocenters. The van der Waals surface area contributed by atoms with Gasteiger partial charge in [0.05, 0.1) is 12.7 Å². The summed E-state index contributed by atoms with van der Waals surface area (Å²) >= 11 is 0. The van der Waals surface area contributed by atoms with Crippen molar-refractivity contribution in [2.24, 2.45) is 0 Å². The lowest BCUT2D eigenvalue weighted by molar-refractivity contribution is 0.0477. The Balaban J connectivity index is 1.81. The minimum atomic E-state index is -0.477. The third-order valence-electron chi connectivity index (χ3n) is 4.06. The highest BCUT2D eigenvalue weighted by Gasteiger charge is 2.23. The van der Waals surface area contributed by atoms with Crippen molar-refractivity contribution >= 4 is 12.1 Å². The second-order valence-electron chi connectivity index (χ2n) is 7.39. The summed E-state index contributed by atoms with van der Waals surface area (Å²) in [5.74, 6) is -0.317. The number of esters is 1. The van der Waals surface area contributed by atoms with Crippen molar-refractivity contribution in [3.05, 3.63) is 35.4 Å². The first-order valence-corrected chi connectivity index (χ1v) is 8.66. The van der Waals surface area contributed by atoms with Gasteiger partial charge in [-0.3, -0.25) is 4.90 Å². The standard InChI is InChI=1S/C19H28N2O4/c1-19(2,3)25-18(23)20-16-8-10-21(11-9-16)13-14-6-5-7-15(12-14)17(22)24-4/h5-7,12,16H,8-11,13H2,1-4H3,(H,20,23). The van der Waals surface area contributed by atoms with E-state index in [1.54, 1.807) is 6.07 Å². The molecule has 0 aromatic heterocycles. The van der Waals surface area contributed by atoms with Crippen LogP contribution in [0.3, 0.4) is 0 Å². The van der Waals surface area contributed by atoms with E-state index in [0.717, 1.165) is 38.0 Å². The molecule has 1 aromatic rings. The molecule has 1 fully saturated rings. The van der Waals surface area contributed by atoms with Crippen LogP contribution in [0.5, 0.6) is 0 Å². The highest BCUT2D eigenvalue weighted by Crippen LogP contribution is 2.16. The number of carbonyl (C=O) groups excluding carboxylic acids is 2. The summed E-state index contributed by atoms with van der Waals surface area (Å²) in [5, 5.41) is 2.94. The number of carbonyl (C=O) groups is 2. The van der Waals surface area contributed by atoms with Crippen LogP contribution < -0.4 is 5.32 Å². The number of methoxy groups -OCH3 is 1. The van der Waals surface area contributed by atoms with E-state index in [0.29, 0.717) is 5.56 Å². The van der Waals surface area contributed by atoms with Gasteiger partial charge in [0, 0.05) is 25.7 Å². The van der Waals surface area contributed by atoms with Crippen LogP contribution in [0.1, 0.15) is 49.5 Å². The molecule has 1 amide bonds. The Morgan fingerprint density at radius 1 is 1.24 bits per heavy atom. The molecule has 0 saturated carbocycles. The van der Waals surface area contributed by atoms with Gasteiger partial charge in [-0.2, -0.15) is 0 Å². The van der Waals surface area contributed by atoms with Crippen LogP contribution >= 0.6 is 0 Å². The summed E-state index contributed by atoms with van der Waals surface area (Å²) < 4.78 is 10.1. The monoisotopic (exact) mass is 348 g/mol. The molecular formula is C19H28N2O4. The van der Waals surface area contributed by atoms with Crippen molar-refractivity contribution in [2.45, 2.75) is 51.8 Å². The van der Waals surface area contributed by atoms with Gasteiger partial charge >= 0.3 is 12.1 Å². The summed E-state index contributed by atoms with van der Waals surface area (Å²) in [5.41, 5.74) is 1.18. The minimum Gasteiger partial charge on any atom is -0.465 e. The van der Waals surface area contributed by atoms with Crippen molar-refractivity contribution in [1.82, 2.24) is 10.2 Å². The number of ether oxygens (including phenoxy) is 2. The highest BCUT2D eigenvalue weighted by atomic mass is 16.6. The second-order valence-corrected chi connectivity index (χ2v) is 7.39. The number of hydrogen-bond donors (Lipinski definition) is 1. The Kier molecular flexibility index (Phi) is 6.42. The molecule has 1 aromatic carbocycles. The summed E-state index contributed by atoms with van der Waals surface area (Å²) in [6.07, 6.45) is 1.42. The van der Waals surface area contributed by atoms with Crippen LogP contribution in [-0.4, -0.2) is 48.8 Å². The summed E-state index contributed by atoms with van der Waals surface area (Å²) in [6, 6.07) is 7.66. The van der Waals surface area contributed by atoms with E-state index in [2.05, 4.69) is 10.2 Å². The molecule has 25 heavy (non-hydrogen) atoms. The summed E-state index contributed by atoms with van der Waals surface area (Å²) in [7, 11) is 1.39. The first-order valence-electron chi connectivity index (χ1n) is 8.66. The number of rotatable bonds is 4. The van der Waals surface area contributed by atoms with Gasteiger partial charge in [0.1, 0.15) is 5.60 Å². The van der Waals surface area contributed by atoms with E-state index in [1.165, 1.54) is 7.11 Å².